The predicted molar refractivity (Wildman–Crippen MR) is 144 cm³/mol. The maximum atomic E-state index is 13.2. The molecule has 0 radical (unpaired) electrons. The third kappa shape index (κ3) is 5.73. The fourth-order valence-corrected chi connectivity index (χ4v) is 4.54. The van der Waals surface area contributed by atoms with Gasteiger partial charge in [0.15, 0.2) is 11.5 Å². The number of anilines is 1. The first-order valence-electron chi connectivity index (χ1n) is 10.6. The molecule has 4 amide bonds. The molecule has 0 saturated carbocycles. The summed E-state index contributed by atoms with van der Waals surface area (Å²) in [7, 11) is 1.45. The lowest BCUT2D eigenvalue weighted by Gasteiger charge is -2.26. The molecule has 188 valence electrons. The maximum absolute atomic E-state index is 13.2. The minimum atomic E-state index is -1.01. The van der Waals surface area contributed by atoms with Crippen LogP contribution < -0.4 is 19.7 Å². The first-order valence-corrected chi connectivity index (χ1v) is 12.0. The van der Waals surface area contributed by atoms with Gasteiger partial charge in [-0.2, -0.15) is 0 Å². The lowest BCUT2D eigenvalue weighted by Crippen LogP contribution is -2.54. The quantitative estimate of drug-likeness (QED) is 0.126. The van der Waals surface area contributed by atoms with Gasteiger partial charge >= 0.3 is 6.03 Å². The number of ether oxygens (including phenoxy) is 2. The smallest absolute Gasteiger partial charge is 0.335 e. The molecule has 3 aromatic carbocycles. The number of amides is 4. The summed E-state index contributed by atoms with van der Waals surface area (Å²) in [6.45, 7) is 0.231. The summed E-state index contributed by atoms with van der Waals surface area (Å²) in [5.74, 6) is -1.01. The molecule has 1 aliphatic rings. The SMILES string of the molecule is COc1cc(/C=C2\C(=O)NC(=O)N(c3cccc([N+](=O)[O-])c3)C2=O)cc(I)c1OCc1cccc(Cl)c1. The molecule has 1 saturated heterocycles. The summed E-state index contributed by atoms with van der Waals surface area (Å²) < 4.78 is 12.0. The second-order valence-electron chi connectivity index (χ2n) is 7.69. The number of carbonyl (C=O) groups is 3. The number of nitrogens with one attached hydrogen (secondary N) is 1. The summed E-state index contributed by atoms with van der Waals surface area (Å²) >= 11 is 8.07. The monoisotopic (exact) mass is 633 g/mol. The molecule has 4 rings (SSSR count). The molecule has 3 aromatic rings. The number of nitro benzene ring substituents is 1. The van der Waals surface area contributed by atoms with Crippen molar-refractivity contribution in [1.82, 2.24) is 5.32 Å². The van der Waals surface area contributed by atoms with Crippen LogP contribution in [0.4, 0.5) is 16.2 Å². The third-order valence-electron chi connectivity index (χ3n) is 5.24. The lowest BCUT2D eigenvalue weighted by molar-refractivity contribution is -0.384. The van der Waals surface area contributed by atoms with E-state index < -0.39 is 22.8 Å². The number of urea groups is 1. The Kier molecular flexibility index (Phi) is 7.74. The van der Waals surface area contributed by atoms with Crippen LogP contribution in [0.25, 0.3) is 6.08 Å². The molecular formula is C25H17ClIN3O7. The highest BCUT2D eigenvalue weighted by Gasteiger charge is 2.37. The molecule has 10 nitrogen and oxygen atoms in total. The number of rotatable bonds is 7. The van der Waals surface area contributed by atoms with E-state index in [0.29, 0.717) is 30.6 Å². The number of nitrogens with zero attached hydrogens (tertiary/aromatic N) is 2. The minimum absolute atomic E-state index is 0.0491. The van der Waals surface area contributed by atoms with Crippen molar-refractivity contribution in [3.63, 3.8) is 0 Å². The van der Waals surface area contributed by atoms with Crippen molar-refractivity contribution in [3.8, 4) is 11.5 Å². The molecule has 12 heteroatoms. The van der Waals surface area contributed by atoms with Gasteiger partial charge < -0.3 is 9.47 Å². The van der Waals surface area contributed by atoms with E-state index in [-0.39, 0.29) is 23.6 Å². The summed E-state index contributed by atoms with van der Waals surface area (Å²) in [6, 6.07) is 14.5. The Morgan fingerprint density at radius 1 is 1.11 bits per heavy atom. The van der Waals surface area contributed by atoms with Crippen LogP contribution in [0.3, 0.4) is 0 Å². The normalized spacial score (nSPS) is 14.5. The van der Waals surface area contributed by atoms with Gasteiger partial charge in [-0.3, -0.25) is 25.0 Å². The van der Waals surface area contributed by atoms with E-state index in [1.807, 2.05) is 34.7 Å². The van der Waals surface area contributed by atoms with Gasteiger partial charge in [-0.15, -0.1) is 0 Å². The van der Waals surface area contributed by atoms with Crippen LogP contribution in [-0.2, 0) is 16.2 Å². The lowest BCUT2D eigenvalue weighted by atomic mass is 10.1. The van der Waals surface area contributed by atoms with E-state index in [2.05, 4.69) is 5.32 Å². The van der Waals surface area contributed by atoms with Crippen molar-refractivity contribution >= 4 is 69.5 Å². The van der Waals surface area contributed by atoms with E-state index in [1.54, 1.807) is 24.3 Å². The van der Waals surface area contributed by atoms with Gasteiger partial charge in [-0.1, -0.05) is 29.8 Å². The number of hydrogen-bond acceptors (Lipinski definition) is 7. The van der Waals surface area contributed by atoms with Gasteiger partial charge in [0.05, 0.1) is 21.3 Å². The number of hydrogen-bond donors (Lipinski definition) is 1. The highest BCUT2D eigenvalue weighted by molar-refractivity contribution is 14.1. The molecular weight excluding hydrogens is 617 g/mol. The van der Waals surface area contributed by atoms with Crippen molar-refractivity contribution in [2.75, 3.05) is 12.0 Å². The number of halogens is 2. The number of non-ortho nitro benzene ring substituents is 1. The maximum Gasteiger partial charge on any atom is 0.335 e. The number of nitro groups is 1. The van der Waals surface area contributed by atoms with E-state index in [0.717, 1.165) is 11.6 Å². The largest absolute Gasteiger partial charge is 0.493 e. The topological polar surface area (TPSA) is 128 Å². The fourth-order valence-electron chi connectivity index (χ4n) is 3.55. The van der Waals surface area contributed by atoms with Crippen molar-refractivity contribution < 1.29 is 28.8 Å². The number of benzene rings is 3. The molecule has 0 spiro atoms. The van der Waals surface area contributed by atoms with E-state index >= 15 is 0 Å². The first kappa shape index (κ1) is 26.1. The molecule has 0 atom stereocenters. The van der Waals surface area contributed by atoms with Crippen LogP contribution in [-0.4, -0.2) is 29.9 Å². The van der Waals surface area contributed by atoms with Crippen LogP contribution in [0.2, 0.25) is 5.02 Å². The van der Waals surface area contributed by atoms with Crippen LogP contribution in [0, 0.1) is 13.7 Å². The summed E-state index contributed by atoms with van der Waals surface area (Å²) in [5, 5.41) is 13.8. The third-order valence-corrected chi connectivity index (χ3v) is 6.27. The zero-order valence-electron chi connectivity index (χ0n) is 19.1. The van der Waals surface area contributed by atoms with Crippen molar-refractivity contribution in [3.05, 3.63) is 96.1 Å². The highest BCUT2D eigenvalue weighted by atomic mass is 127. The molecule has 37 heavy (non-hydrogen) atoms. The summed E-state index contributed by atoms with van der Waals surface area (Å²) in [4.78, 5) is 49.3. The van der Waals surface area contributed by atoms with Gasteiger partial charge in [0.1, 0.15) is 12.2 Å². The van der Waals surface area contributed by atoms with Crippen molar-refractivity contribution in [2.45, 2.75) is 6.61 Å². The first-order chi connectivity index (χ1) is 17.7. The van der Waals surface area contributed by atoms with Crippen LogP contribution >= 0.6 is 34.2 Å². The van der Waals surface area contributed by atoms with Gasteiger partial charge in [0.2, 0.25) is 0 Å². The Bertz CT molecular complexity index is 1470. The summed E-state index contributed by atoms with van der Waals surface area (Å²) in [6.07, 6.45) is 1.31. The van der Waals surface area contributed by atoms with Crippen molar-refractivity contribution in [2.24, 2.45) is 0 Å². The average Bonchev–Trinajstić information content (AvgIpc) is 2.85. The number of carbonyl (C=O) groups excluding carboxylic acids is 3. The van der Waals surface area contributed by atoms with Gasteiger partial charge in [-0.25, -0.2) is 9.69 Å². The Labute approximate surface area is 229 Å². The molecule has 1 N–H and O–H groups in total. The average molecular weight is 634 g/mol. The van der Waals surface area contributed by atoms with Gasteiger partial charge in [0, 0.05) is 17.2 Å². The van der Waals surface area contributed by atoms with Crippen LogP contribution in [0.1, 0.15) is 11.1 Å². The molecule has 1 aliphatic heterocycles. The van der Waals surface area contributed by atoms with E-state index in [9.17, 15) is 24.5 Å². The zero-order chi connectivity index (χ0) is 26.7. The standard InChI is InChI=1S/C25H17ClIN3O7/c1-36-21-11-15(10-20(27)22(21)37-13-14-4-2-5-16(26)8-14)9-19-23(31)28-25(33)29(24(19)32)17-6-3-7-18(12-17)30(34)35/h2-12H,13H2,1H3,(H,28,31,33)/b19-9+. The number of methoxy groups -OCH3 is 1. The molecule has 1 fully saturated rings. The van der Waals surface area contributed by atoms with Gasteiger partial charge in [0.25, 0.3) is 17.5 Å². The second-order valence-corrected chi connectivity index (χ2v) is 9.29. The summed E-state index contributed by atoms with van der Waals surface area (Å²) in [5.41, 5.74) is 0.590. The Balaban J connectivity index is 1.65. The molecule has 0 bridgehead atoms. The number of barbiturate groups is 1. The van der Waals surface area contributed by atoms with E-state index in [1.165, 1.54) is 31.4 Å². The molecule has 0 aliphatic carbocycles. The fraction of sp³-hybridized carbons (Fsp3) is 0.0800. The predicted octanol–water partition coefficient (Wildman–Crippen LogP) is 5.11. The molecule has 1 heterocycles. The second kappa shape index (κ2) is 11.0. The van der Waals surface area contributed by atoms with E-state index in [4.69, 9.17) is 21.1 Å². The highest BCUT2D eigenvalue weighted by Crippen LogP contribution is 2.36. The number of imide groups is 2. The Morgan fingerprint density at radius 2 is 1.86 bits per heavy atom. The Morgan fingerprint density at radius 3 is 2.57 bits per heavy atom. The van der Waals surface area contributed by atoms with Crippen molar-refractivity contribution in [1.29, 1.82) is 0 Å². The minimum Gasteiger partial charge on any atom is -0.493 e. The van der Waals surface area contributed by atoms with Crippen LogP contribution in [0.15, 0.2) is 66.2 Å². The molecule has 0 unspecified atom stereocenters. The molecule has 0 aromatic heterocycles. The van der Waals surface area contributed by atoms with Crippen LogP contribution in [0.5, 0.6) is 11.5 Å². The van der Waals surface area contributed by atoms with Gasteiger partial charge in [-0.05, 0) is 70.1 Å². The Hall–Kier alpha value is -3.97. The zero-order valence-corrected chi connectivity index (χ0v) is 22.0.